The van der Waals surface area contributed by atoms with Crippen LogP contribution in [0.25, 0.3) is 0 Å². The molecule has 0 amide bonds. The van der Waals surface area contributed by atoms with Crippen LogP contribution in [-0.2, 0) is 9.84 Å². The van der Waals surface area contributed by atoms with Gasteiger partial charge in [0, 0.05) is 18.0 Å². The lowest BCUT2D eigenvalue weighted by atomic mass is 10.3. The summed E-state index contributed by atoms with van der Waals surface area (Å²) >= 11 is 0. The van der Waals surface area contributed by atoms with Gasteiger partial charge in [0.25, 0.3) is 0 Å². The molecule has 0 radical (unpaired) electrons. The van der Waals surface area contributed by atoms with Crippen molar-refractivity contribution in [1.82, 2.24) is 9.97 Å². The SMILES string of the molecule is Cc1cnc(NN)nc1Oc1ccc(S(C)(=O)=O)cc1. The Morgan fingerprint density at radius 2 is 1.90 bits per heavy atom. The van der Waals surface area contributed by atoms with Crippen molar-refractivity contribution < 1.29 is 13.2 Å². The molecular weight excluding hydrogens is 280 g/mol. The summed E-state index contributed by atoms with van der Waals surface area (Å²) in [7, 11) is -3.22. The highest BCUT2D eigenvalue weighted by atomic mass is 32.2. The highest BCUT2D eigenvalue weighted by molar-refractivity contribution is 7.90. The highest BCUT2D eigenvalue weighted by Crippen LogP contribution is 2.24. The second-order valence-electron chi connectivity index (χ2n) is 4.17. The zero-order chi connectivity index (χ0) is 14.8. The molecule has 0 aliphatic heterocycles. The molecule has 2 aromatic rings. The number of nitrogens with two attached hydrogens (primary N) is 1. The van der Waals surface area contributed by atoms with Gasteiger partial charge >= 0.3 is 0 Å². The summed E-state index contributed by atoms with van der Waals surface area (Å²) in [6, 6.07) is 6.08. The number of anilines is 1. The number of nitrogen functional groups attached to an aromatic ring is 1. The van der Waals surface area contributed by atoms with Gasteiger partial charge in [-0.1, -0.05) is 0 Å². The summed E-state index contributed by atoms with van der Waals surface area (Å²) in [5, 5.41) is 0. The van der Waals surface area contributed by atoms with Crippen LogP contribution in [0.15, 0.2) is 35.4 Å². The van der Waals surface area contributed by atoms with Gasteiger partial charge in [0.1, 0.15) is 5.75 Å². The van der Waals surface area contributed by atoms with Crippen molar-refractivity contribution in [1.29, 1.82) is 0 Å². The number of ether oxygens (including phenoxy) is 1. The molecule has 1 heterocycles. The molecule has 0 aliphatic carbocycles. The molecule has 2 rings (SSSR count). The van der Waals surface area contributed by atoms with Gasteiger partial charge in [-0.2, -0.15) is 4.98 Å². The Hall–Kier alpha value is -2.19. The molecule has 1 aromatic carbocycles. The number of aryl methyl sites for hydroxylation is 1. The molecule has 0 fully saturated rings. The number of sulfone groups is 1. The van der Waals surface area contributed by atoms with Crippen molar-refractivity contribution in [3.8, 4) is 11.6 Å². The maximum atomic E-state index is 11.4. The third-order valence-electron chi connectivity index (χ3n) is 2.52. The van der Waals surface area contributed by atoms with E-state index in [4.69, 9.17) is 10.6 Å². The number of nitrogens with zero attached hydrogens (tertiary/aromatic N) is 2. The topological polar surface area (TPSA) is 107 Å². The van der Waals surface area contributed by atoms with Gasteiger partial charge in [0.05, 0.1) is 4.90 Å². The van der Waals surface area contributed by atoms with Gasteiger partial charge in [-0.25, -0.2) is 19.2 Å². The Kier molecular flexibility index (Phi) is 3.86. The zero-order valence-corrected chi connectivity index (χ0v) is 11.8. The van der Waals surface area contributed by atoms with Gasteiger partial charge in [0.15, 0.2) is 9.84 Å². The van der Waals surface area contributed by atoms with E-state index in [1.54, 1.807) is 25.3 Å². The third-order valence-corrected chi connectivity index (χ3v) is 3.65. The van der Waals surface area contributed by atoms with E-state index in [0.29, 0.717) is 11.6 Å². The predicted molar refractivity (Wildman–Crippen MR) is 74.2 cm³/mol. The monoisotopic (exact) mass is 294 g/mol. The van der Waals surface area contributed by atoms with E-state index in [1.165, 1.54) is 12.1 Å². The molecule has 8 heteroatoms. The standard InChI is InChI=1S/C12H14N4O3S/c1-8-7-14-12(16-13)15-11(8)19-9-3-5-10(6-4-9)20(2,17)18/h3-7H,13H2,1-2H3,(H,14,15,16). The molecule has 0 saturated heterocycles. The van der Waals surface area contributed by atoms with Crippen LogP contribution in [0.4, 0.5) is 5.95 Å². The first-order valence-corrected chi connectivity index (χ1v) is 7.57. The van der Waals surface area contributed by atoms with Crippen LogP contribution >= 0.6 is 0 Å². The fourth-order valence-corrected chi connectivity index (χ4v) is 2.10. The maximum absolute atomic E-state index is 11.4. The maximum Gasteiger partial charge on any atom is 0.240 e. The number of nitrogens with one attached hydrogen (secondary N) is 1. The minimum Gasteiger partial charge on any atom is -0.439 e. The average molecular weight is 294 g/mol. The minimum atomic E-state index is -3.22. The van der Waals surface area contributed by atoms with E-state index in [9.17, 15) is 8.42 Å². The minimum absolute atomic E-state index is 0.230. The van der Waals surface area contributed by atoms with Crippen LogP contribution in [0.3, 0.4) is 0 Å². The molecule has 7 nitrogen and oxygen atoms in total. The Balaban J connectivity index is 2.26. The fourth-order valence-electron chi connectivity index (χ4n) is 1.47. The van der Waals surface area contributed by atoms with Crippen LogP contribution in [0.1, 0.15) is 5.56 Å². The van der Waals surface area contributed by atoms with E-state index in [1.807, 2.05) is 0 Å². The van der Waals surface area contributed by atoms with Gasteiger partial charge in [-0.05, 0) is 31.2 Å². The van der Waals surface area contributed by atoms with Crippen molar-refractivity contribution in [3.63, 3.8) is 0 Å². The quantitative estimate of drug-likeness (QED) is 0.645. The van der Waals surface area contributed by atoms with Crippen molar-refractivity contribution >= 4 is 15.8 Å². The summed E-state index contributed by atoms with van der Waals surface area (Å²) in [6.07, 6.45) is 2.72. The number of hydrogen-bond acceptors (Lipinski definition) is 7. The summed E-state index contributed by atoms with van der Waals surface area (Å²) in [5.74, 6) is 6.29. The van der Waals surface area contributed by atoms with E-state index < -0.39 is 9.84 Å². The predicted octanol–water partition coefficient (Wildman–Crippen LogP) is 1.27. The van der Waals surface area contributed by atoms with E-state index in [2.05, 4.69) is 15.4 Å². The number of hydrogen-bond donors (Lipinski definition) is 2. The molecule has 0 spiro atoms. The lowest BCUT2D eigenvalue weighted by molar-refractivity contribution is 0.457. The number of hydrazine groups is 1. The van der Waals surface area contributed by atoms with E-state index in [-0.39, 0.29) is 10.8 Å². The molecule has 1 aromatic heterocycles. The van der Waals surface area contributed by atoms with Crippen LogP contribution in [0, 0.1) is 6.92 Å². The second-order valence-corrected chi connectivity index (χ2v) is 6.19. The van der Waals surface area contributed by atoms with E-state index >= 15 is 0 Å². The van der Waals surface area contributed by atoms with Crippen molar-refractivity contribution in [2.24, 2.45) is 5.84 Å². The van der Waals surface area contributed by atoms with Crippen molar-refractivity contribution in [3.05, 3.63) is 36.0 Å². The Morgan fingerprint density at radius 1 is 1.25 bits per heavy atom. The van der Waals surface area contributed by atoms with Crippen LogP contribution in [0.5, 0.6) is 11.6 Å². The molecular formula is C12H14N4O3S. The molecule has 0 saturated carbocycles. The lowest BCUT2D eigenvalue weighted by Gasteiger charge is -2.09. The van der Waals surface area contributed by atoms with Gasteiger partial charge in [-0.3, -0.25) is 5.43 Å². The van der Waals surface area contributed by atoms with E-state index in [0.717, 1.165) is 11.8 Å². The van der Waals surface area contributed by atoms with Crippen LogP contribution < -0.4 is 16.0 Å². The number of benzene rings is 1. The van der Waals surface area contributed by atoms with Crippen molar-refractivity contribution in [2.75, 3.05) is 11.7 Å². The Labute approximate surface area is 116 Å². The van der Waals surface area contributed by atoms with Gasteiger partial charge in [0.2, 0.25) is 11.8 Å². The Bertz CT molecular complexity index is 714. The van der Waals surface area contributed by atoms with Gasteiger partial charge < -0.3 is 4.74 Å². The molecule has 106 valence electrons. The van der Waals surface area contributed by atoms with Crippen molar-refractivity contribution in [2.45, 2.75) is 11.8 Å². The molecule has 0 atom stereocenters. The number of aromatic nitrogens is 2. The molecule has 0 unspecified atom stereocenters. The molecule has 0 aliphatic rings. The fraction of sp³-hybridized carbons (Fsp3) is 0.167. The molecule has 3 N–H and O–H groups in total. The second kappa shape index (κ2) is 5.43. The largest absolute Gasteiger partial charge is 0.439 e. The average Bonchev–Trinajstić information content (AvgIpc) is 2.41. The summed E-state index contributed by atoms with van der Waals surface area (Å²) in [5.41, 5.74) is 3.06. The van der Waals surface area contributed by atoms with Crippen LogP contribution in [0.2, 0.25) is 0 Å². The molecule has 0 bridgehead atoms. The smallest absolute Gasteiger partial charge is 0.240 e. The highest BCUT2D eigenvalue weighted by Gasteiger charge is 2.09. The lowest BCUT2D eigenvalue weighted by Crippen LogP contribution is -2.11. The van der Waals surface area contributed by atoms with Crippen LogP contribution in [-0.4, -0.2) is 24.6 Å². The summed E-state index contributed by atoms with van der Waals surface area (Å²) in [4.78, 5) is 8.24. The molecule has 20 heavy (non-hydrogen) atoms. The normalized spacial score (nSPS) is 11.2. The number of rotatable bonds is 4. The third kappa shape index (κ3) is 3.22. The first kappa shape index (κ1) is 14.2. The summed E-state index contributed by atoms with van der Waals surface area (Å²) < 4.78 is 28.3. The van der Waals surface area contributed by atoms with Gasteiger partial charge in [-0.15, -0.1) is 0 Å². The first-order chi connectivity index (χ1) is 9.40. The zero-order valence-electron chi connectivity index (χ0n) is 11.0. The Morgan fingerprint density at radius 3 is 2.45 bits per heavy atom. The summed E-state index contributed by atoms with van der Waals surface area (Å²) in [6.45, 7) is 1.79. The first-order valence-electron chi connectivity index (χ1n) is 5.68.